The Morgan fingerprint density at radius 2 is 1.54 bits per heavy atom. The molecule has 0 saturated carbocycles. The van der Waals surface area contributed by atoms with Crippen LogP contribution >= 0.6 is 0 Å². The molecule has 0 saturated heterocycles. The van der Waals surface area contributed by atoms with Gasteiger partial charge in [-0.25, -0.2) is 5.48 Å². The van der Waals surface area contributed by atoms with E-state index < -0.39 is 5.91 Å². The second kappa shape index (κ2) is 9.66. The number of carbonyl (C=O) groups excluding carboxylic acids is 3. The van der Waals surface area contributed by atoms with Gasteiger partial charge in [0, 0.05) is 24.7 Å². The molecule has 2 rings (SSSR count). The average Bonchev–Trinajstić information content (AvgIpc) is 2.72. The van der Waals surface area contributed by atoms with Gasteiger partial charge in [-0.1, -0.05) is 38.1 Å². The molecule has 0 spiro atoms. The lowest BCUT2D eigenvalue weighted by molar-refractivity contribution is -0.121. The van der Waals surface area contributed by atoms with Gasteiger partial charge in [-0.3, -0.25) is 19.6 Å². The van der Waals surface area contributed by atoms with E-state index in [1.54, 1.807) is 41.9 Å². The third-order valence-electron chi connectivity index (χ3n) is 4.42. The summed E-state index contributed by atoms with van der Waals surface area (Å²) < 4.78 is 0. The summed E-state index contributed by atoms with van der Waals surface area (Å²) in [5.74, 6) is -0.782. The Morgan fingerprint density at radius 3 is 2.04 bits per heavy atom. The number of amides is 3. The first-order valence-electron chi connectivity index (χ1n) is 8.99. The van der Waals surface area contributed by atoms with E-state index in [0.29, 0.717) is 17.0 Å². The Balaban J connectivity index is 2.22. The van der Waals surface area contributed by atoms with E-state index in [2.05, 4.69) is 19.2 Å². The van der Waals surface area contributed by atoms with E-state index in [9.17, 15) is 14.4 Å². The zero-order valence-corrected chi connectivity index (χ0v) is 16.2. The lowest BCUT2D eigenvalue weighted by atomic mass is 10.0. The monoisotopic (exact) mass is 383 g/mol. The third-order valence-corrected chi connectivity index (χ3v) is 4.42. The Hall–Kier alpha value is -3.19. The first-order valence-corrected chi connectivity index (χ1v) is 8.99. The standard InChI is InChI=1S/C21H25N3O4/c1-14(2)16-8-10-18(11-9-16)21(27)24(13-19(25)22-3)12-15-4-6-17(7-5-15)20(26)23-28/h4-11,14,28H,12-13H2,1-3H3,(H,22,25)(H,23,26). The van der Waals surface area contributed by atoms with Gasteiger partial charge in [-0.15, -0.1) is 0 Å². The molecule has 28 heavy (non-hydrogen) atoms. The van der Waals surface area contributed by atoms with Crippen LogP contribution in [0.25, 0.3) is 0 Å². The van der Waals surface area contributed by atoms with Crippen LogP contribution in [0.2, 0.25) is 0 Å². The van der Waals surface area contributed by atoms with Crippen molar-refractivity contribution < 1.29 is 19.6 Å². The zero-order chi connectivity index (χ0) is 20.7. The maximum Gasteiger partial charge on any atom is 0.274 e. The van der Waals surface area contributed by atoms with E-state index in [1.807, 2.05) is 12.1 Å². The summed E-state index contributed by atoms with van der Waals surface area (Å²) in [7, 11) is 1.52. The van der Waals surface area contributed by atoms with E-state index in [0.717, 1.165) is 11.1 Å². The minimum absolute atomic E-state index is 0.0832. The summed E-state index contributed by atoms with van der Waals surface area (Å²) >= 11 is 0. The van der Waals surface area contributed by atoms with Crippen molar-refractivity contribution in [2.45, 2.75) is 26.3 Å². The van der Waals surface area contributed by atoms with Crippen molar-refractivity contribution in [2.75, 3.05) is 13.6 Å². The van der Waals surface area contributed by atoms with E-state index in [4.69, 9.17) is 5.21 Å². The van der Waals surface area contributed by atoms with Gasteiger partial charge in [0.15, 0.2) is 0 Å². The zero-order valence-electron chi connectivity index (χ0n) is 16.2. The second-order valence-electron chi connectivity index (χ2n) is 6.75. The van der Waals surface area contributed by atoms with Gasteiger partial charge < -0.3 is 10.2 Å². The molecule has 0 radical (unpaired) electrons. The van der Waals surface area contributed by atoms with Crippen molar-refractivity contribution in [3.63, 3.8) is 0 Å². The lowest BCUT2D eigenvalue weighted by Gasteiger charge is -2.22. The fraction of sp³-hybridized carbons (Fsp3) is 0.286. The molecule has 0 atom stereocenters. The van der Waals surface area contributed by atoms with Crippen molar-refractivity contribution in [1.82, 2.24) is 15.7 Å². The molecule has 0 bridgehead atoms. The van der Waals surface area contributed by atoms with Crippen molar-refractivity contribution >= 4 is 17.7 Å². The largest absolute Gasteiger partial charge is 0.358 e. The molecule has 3 N–H and O–H groups in total. The maximum absolute atomic E-state index is 13.0. The van der Waals surface area contributed by atoms with E-state index in [1.165, 1.54) is 11.9 Å². The van der Waals surface area contributed by atoms with Crippen LogP contribution in [-0.4, -0.2) is 41.4 Å². The van der Waals surface area contributed by atoms with Crippen molar-refractivity contribution in [1.29, 1.82) is 0 Å². The van der Waals surface area contributed by atoms with E-state index in [-0.39, 0.29) is 24.9 Å². The van der Waals surface area contributed by atoms with E-state index >= 15 is 0 Å². The predicted octanol–water partition coefficient (Wildman–Crippen LogP) is 2.32. The minimum Gasteiger partial charge on any atom is -0.358 e. The molecule has 148 valence electrons. The first kappa shape index (κ1) is 21.1. The second-order valence-corrected chi connectivity index (χ2v) is 6.75. The smallest absolute Gasteiger partial charge is 0.274 e. The highest BCUT2D eigenvalue weighted by molar-refractivity contribution is 5.96. The summed E-state index contributed by atoms with van der Waals surface area (Å²) in [6.07, 6.45) is 0. The van der Waals surface area contributed by atoms with Gasteiger partial charge in [-0.05, 0) is 41.3 Å². The summed E-state index contributed by atoms with van der Waals surface area (Å²) in [6.45, 7) is 4.28. The SMILES string of the molecule is CNC(=O)CN(Cc1ccc(C(=O)NO)cc1)C(=O)c1ccc(C(C)C)cc1. The molecule has 0 aromatic heterocycles. The minimum atomic E-state index is -0.616. The van der Waals surface area contributed by atoms with Crippen LogP contribution in [0.1, 0.15) is 51.6 Å². The summed E-state index contributed by atoms with van der Waals surface area (Å²) in [5.41, 5.74) is 4.25. The van der Waals surface area contributed by atoms with Crippen LogP contribution < -0.4 is 10.8 Å². The van der Waals surface area contributed by atoms with Gasteiger partial charge >= 0.3 is 0 Å². The number of hydrogen-bond acceptors (Lipinski definition) is 4. The lowest BCUT2D eigenvalue weighted by Crippen LogP contribution is -2.39. The molecular weight excluding hydrogens is 358 g/mol. The topological polar surface area (TPSA) is 98.7 Å². The average molecular weight is 383 g/mol. The number of hydroxylamine groups is 1. The van der Waals surface area contributed by atoms with Gasteiger partial charge in [-0.2, -0.15) is 0 Å². The van der Waals surface area contributed by atoms with Gasteiger partial charge in [0.2, 0.25) is 5.91 Å². The van der Waals surface area contributed by atoms with Crippen LogP contribution in [0.5, 0.6) is 0 Å². The molecule has 0 aliphatic carbocycles. The molecule has 2 aromatic carbocycles. The Kier molecular flexibility index (Phi) is 7.28. The fourth-order valence-corrected chi connectivity index (χ4v) is 2.69. The Bertz CT molecular complexity index is 830. The fourth-order valence-electron chi connectivity index (χ4n) is 2.69. The molecule has 0 aliphatic heterocycles. The molecule has 2 aromatic rings. The quantitative estimate of drug-likeness (QED) is 0.505. The number of nitrogens with one attached hydrogen (secondary N) is 2. The predicted molar refractivity (Wildman–Crippen MR) is 105 cm³/mol. The highest BCUT2D eigenvalue weighted by Gasteiger charge is 2.19. The van der Waals surface area contributed by atoms with Crippen LogP contribution in [0, 0.1) is 0 Å². The van der Waals surface area contributed by atoms with Crippen molar-refractivity contribution in [3.8, 4) is 0 Å². The van der Waals surface area contributed by atoms with Gasteiger partial charge in [0.25, 0.3) is 11.8 Å². The van der Waals surface area contributed by atoms with Crippen LogP contribution in [-0.2, 0) is 11.3 Å². The number of nitrogens with zero attached hydrogens (tertiary/aromatic N) is 1. The Morgan fingerprint density at radius 1 is 0.964 bits per heavy atom. The summed E-state index contributed by atoms with van der Waals surface area (Å²) in [6, 6.07) is 13.8. The van der Waals surface area contributed by atoms with Gasteiger partial charge in [0.05, 0.1) is 0 Å². The van der Waals surface area contributed by atoms with Crippen molar-refractivity contribution in [3.05, 3.63) is 70.8 Å². The third kappa shape index (κ3) is 5.40. The number of benzene rings is 2. The van der Waals surface area contributed by atoms with Crippen molar-refractivity contribution in [2.24, 2.45) is 0 Å². The normalized spacial score (nSPS) is 10.5. The maximum atomic E-state index is 13.0. The molecular formula is C21H25N3O4. The number of likely N-dealkylation sites (N-methyl/N-ethyl adjacent to an activating group) is 1. The number of hydrogen-bond donors (Lipinski definition) is 3. The highest BCUT2D eigenvalue weighted by atomic mass is 16.5. The van der Waals surface area contributed by atoms with Crippen LogP contribution in [0.3, 0.4) is 0 Å². The van der Waals surface area contributed by atoms with Crippen LogP contribution in [0.4, 0.5) is 0 Å². The number of carbonyl (C=O) groups is 3. The molecule has 7 nitrogen and oxygen atoms in total. The first-order chi connectivity index (χ1) is 13.3. The summed E-state index contributed by atoms with van der Waals surface area (Å²) in [5, 5.41) is 11.2. The highest BCUT2D eigenvalue weighted by Crippen LogP contribution is 2.17. The number of rotatable bonds is 7. The summed E-state index contributed by atoms with van der Waals surface area (Å²) in [4.78, 5) is 37.7. The molecule has 3 amide bonds. The molecule has 7 heteroatoms. The Labute approximate surface area is 164 Å². The molecule has 0 unspecified atom stereocenters. The van der Waals surface area contributed by atoms with Crippen LogP contribution in [0.15, 0.2) is 48.5 Å². The molecule has 0 fully saturated rings. The molecule has 0 aliphatic rings. The molecule has 0 heterocycles. The van der Waals surface area contributed by atoms with Gasteiger partial charge in [0.1, 0.15) is 6.54 Å².